The van der Waals surface area contributed by atoms with Crippen molar-refractivity contribution in [2.75, 3.05) is 19.6 Å². The molecule has 18 heavy (non-hydrogen) atoms. The number of benzene rings is 1. The quantitative estimate of drug-likeness (QED) is 0.769. The molecular formula is C14H17F2NO. The first-order valence-corrected chi connectivity index (χ1v) is 6.27. The summed E-state index contributed by atoms with van der Waals surface area (Å²) in [5, 5.41) is 0. The Bertz CT molecular complexity index is 447. The Hall–Kier alpha value is -1.29. The smallest absolute Gasteiger partial charge is 0.169 e. The summed E-state index contributed by atoms with van der Waals surface area (Å²) < 4.78 is 26.4. The van der Waals surface area contributed by atoms with Crippen molar-refractivity contribution in [3.8, 4) is 0 Å². The second-order valence-electron chi connectivity index (χ2n) is 4.97. The molecule has 0 N–H and O–H groups in total. The van der Waals surface area contributed by atoms with Crippen LogP contribution in [0.2, 0.25) is 0 Å². The molecule has 2 rings (SSSR count). The van der Waals surface area contributed by atoms with Gasteiger partial charge >= 0.3 is 0 Å². The molecular weight excluding hydrogens is 236 g/mol. The zero-order valence-corrected chi connectivity index (χ0v) is 10.5. The van der Waals surface area contributed by atoms with Crippen molar-refractivity contribution in [1.82, 2.24) is 4.90 Å². The van der Waals surface area contributed by atoms with E-state index in [9.17, 15) is 13.6 Å². The number of ketones is 1. The Morgan fingerprint density at radius 3 is 2.89 bits per heavy atom. The second kappa shape index (κ2) is 5.57. The van der Waals surface area contributed by atoms with Crippen molar-refractivity contribution in [1.29, 1.82) is 0 Å². The average molecular weight is 253 g/mol. The number of carbonyl (C=O) groups is 1. The molecule has 0 aromatic heterocycles. The Balaban J connectivity index is 1.94. The SMILES string of the molecule is CC1CCN(CCC(=O)c2cccc(F)c2F)C1. The number of halogens is 2. The number of hydrogen-bond donors (Lipinski definition) is 0. The lowest BCUT2D eigenvalue weighted by atomic mass is 10.1. The fourth-order valence-corrected chi connectivity index (χ4v) is 2.34. The summed E-state index contributed by atoms with van der Waals surface area (Å²) in [6, 6.07) is 3.73. The van der Waals surface area contributed by atoms with Crippen LogP contribution in [0, 0.1) is 17.6 Å². The van der Waals surface area contributed by atoms with E-state index in [1.54, 1.807) is 0 Å². The number of Topliss-reactive ketones (excluding diaryl/α,β-unsaturated/α-hetero) is 1. The monoisotopic (exact) mass is 253 g/mol. The fourth-order valence-electron chi connectivity index (χ4n) is 2.34. The van der Waals surface area contributed by atoms with Crippen LogP contribution < -0.4 is 0 Å². The van der Waals surface area contributed by atoms with E-state index in [1.807, 2.05) is 0 Å². The van der Waals surface area contributed by atoms with Crippen LogP contribution in [0.4, 0.5) is 8.78 Å². The van der Waals surface area contributed by atoms with Crippen molar-refractivity contribution >= 4 is 5.78 Å². The van der Waals surface area contributed by atoms with Gasteiger partial charge in [0.15, 0.2) is 17.4 Å². The largest absolute Gasteiger partial charge is 0.303 e. The van der Waals surface area contributed by atoms with Crippen LogP contribution in [0.3, 0.4) is 0 Å². The third-order valence-electron chi connectivity index (χ3n) is 3.42. The Labute approximate surface area is 106 Å². The van der Waals surface area contributed by atoms with Gasteiger partial charge in [-0.1, -0.05) is 13.0 Å². The highest BCUT2D eigenvalue weighted by Crippen LogP contribution is 2.17. The highest BCUT2D eigenvalue weighted by molar-refractivity contribution is 5.96. The lowest BCUT2D eigenvalue weighted by Crippen LogP contribution is -2.24. The molecule has 4 heteroatoms. The molecule has 0 spiro atoms. The Morgan fingerprint density at radius 1 is 1.44 bits per heavy atom. The Morgan fingerprint density at radius 2 is 2.22 bits per heavy atom. The molecule has 1 heterocycles. The lowest BCUT2D eigenvalue weighted by molar-refractivity contribution is 0.0963. The summed E-state index contributed by atoms with van der Waals surface area (Å²) in [6.07, 6.45) is 1.38. The first-order valence-electron chi connectivity index (χ1n) is 6.27. The van der Waals surface area contributed by atoms with Crippen LogP contribution in [0.15, 0.2) is 18.2 Å². The predicted octanol–water partition coefficient (Wildman–Crippen LogP) is 2.88. The molecule has 0 saturated carbocycles. The predicted molar refractivity (Wildman–Crippen MR) is 65.5 cm³/mol. The summed E-state index contributed by atoms with van der Waals surface area (Å²) in [6.45, 7) is 4.77. The third-order valence-corrected chi connectivity index (χ3v) is 3.42. The number of rotatable bonds is 4. The number of carbonyl (C=O) groups excluding carboxylic acids is 1. The van der Waals surface area contributed by atoms with Crippen LogP contribution in [0.5, 0.6) is 0 Å². The minimum absolute atomic E-state index is 0.137. The standard InChI is InChI=1S/C14H17F2NO/c1-10-5-7-17(9-10)8-6-13(18)11-3-2-4-12(15)14(11)16/h2-4,10H,5-9H2,1H3. The topological polar surface area (TPSA) is 20.3 Å². The van der Waals surface area contributed by atoms with Crippen molar-refractivity contribution in [3.05, 3.63) is 35.4 Å². The summed E-state index contributed by atoms with van der Waals surface area (Å²) in [7, 11) is 0. The van der Waals surface area contributed by atoms with E-state index in [2.05, 4.69) is 11.8 Å². The molecule has 0 radical (unpaired) electrons. The summed E-state index contributed by atoms with van der Waals surface area (Å²) in [5.74, 6) is -1.66. The van der Waals surface area contributed by atoms with E-state index in [4.69, 9.17) is 0 Å². The third kappa shape index (κ3) is 2.93. The highest BCUT2D eigenvalue weighted by Gasteiger charge is 2.20. The van der Waals surface area contributed by atoms with Crippen LogP contribution in [0.1, 0.15) is 30.1 Å². The molecule has 1 aliphatic heterocycles. The number of hydrogen-bond acceptors (Lipinski definition) is 2. The zero-order chi connectivity index (χ0) is 13.1. The van der Waals surface area contributed by atoms with Gasteiger partial charge in [0.05, 0.1) is 5.56 Å². The molecule has 0 aliphatic carbocycles. The molecule has 1 aromatic rings. The van der Waals surface area contributed by atoms with Gasteiger partial charge in [-0.05, 0) is 31.0 Å². The van der Waals surface area contributed by atoms with Crippen LogP contribution >= 0.6 is 0 Å². The minimum Gasteiger partial charge on any atom is -0.303 e. The van der Waals surface area contributed by atoms with Crippen LogP contribution in [0.25, 0.3) is 0 Å². The van der Waals surface area contributed by atoms with Gasteiger partial charge in [-0.25, -0.2) is 8.78 Å². The van der Waals surface area contributed by atoms with E-state index in [0.717, 1.165) is 25.6 Å². The Kier molecular flexibility index (Phi) is 4.07. The minimum atomic E-state index is -1.03. The maximum absolute atomic E-state index is 13.4. The highest BCUT2D eigenvalue weighted by atomic mass is 19.2. The van der Waals surface area contributed by atoms with E-state index >= 15 is 0 Å². The molecule has 1 aromatic carbocycles. The summed E-state index contributed by atoms with van der Waals surface area (Å²) >= 11 is 0. The maximum Gasteiger partial charge on any atom is 0.169 e. The summed E-state index contributed by atoms with van der Waals surface area (Å²) in [5.41, 5.74) is -0.137. The van der Waals surface area contributed by atoms with Gasteiger partial charge in [0.2, 0.25) is 0 Å². The van der Waals surface area contributed by atoms with Gasteiger partial charge in [-0.15, -0.1) is 0 Å². The number of likely N-dealkylation sites (tertiary alicyclic amines) is 1. The van der Waals surface area contributed by atoms with E-state index < -0.39 is 11.6 Å². The van der Waals surface area contributed by atoms with Crippen LogP contribution in [-0.4, -0.2) is 30.3 Å². The molecule has 1 unspecified atom stereocenters. The molecule has 0 bridgehead atoms. The molecule has 2 nitrogen and oxygen atoms in total. The van der Waals surface area contributed by atoms with E-state index in [-0.39, 0.29) is 17.8 Å². The molecule has 1 saturated heterocycles. The molecule has 1 aliphatic rings. The van der Waals surface area contributed by atoms with Gasteiger partial charge in [-0.3, -0.25) is 4.79 Å². The van der Waals surface area contributed by atoms with Crippen LogP contribution in [-0.2, 0) is 0 Å². The molecule has 98 valence electrons. The molecule has 0 amide bonds. The van der Waals surface area contributed by atoms with Crippen molar-refractivity contribution < 1.29 is 13.6 Å². The fraction of sp³-hybridized carbons (Fsp3) is 0.500. The average Bonchev–Trinajstić information content (AvgIpc) is 2.76. The van der Waals surface area contributed by atoms with Gasteiger partial charge < -0.3 is 4.90 Å². The van der Waals surface area contributed by atoms with Crippen molar-refractivity contribution in [2.24, 2.45) is 5.92 Å². The van der Waals surface area contributed by atoms with E-state index in [0.29, 0.717) is 12.5 Å². The first kappa shape index (κ1) is 13.1. The molecule has 1 fully saturated rings. The van der Waals surface area contributed by atoms with E-state index in [1.165, 1.54) is 12.1 Å². The molecule has 1 atom stereocenters. The van der Waals surface area contributed by atoms with Gasteiger partial charge in [0, 0.05) is 19.5 Å². The second-order valence-corrected chi connectivity index (χ2v) is 4.97. The summed E-state index contributed by atoms with van der Waals surface area (Å²) in [4.78, 5) is 14.0. The van der Waals surface area contributed by atoms with Gasteiger partial charge in [-0.2, -0.15) is 0 Å². The van der Waals surface area contributed by atoms with Crippen molar-refractivity contribution in [2.45, 2.75) is 19.8 Å². The zero-order valence-electron chi connectivity index (χ0n) is 10.5. The maximum atomic E-state index is 13.4. The first-order chi connectivity index (χ1) is 8.58. The van der Waals surface area contributed by atoms with Gasteiger partial charge in [0.25, 0.3) is 0 Å². The normalized spacial score (nSPS) is 20.3. The number of nitrogens with zero attached hydrogens (tertiary/aromatic N) is 1. The van der Waals surface area contributed by atoms with Gasteiger partial charge in [0.1, 0.15) is 0 Å². The van der Waals surface area contributed by atoms with Crippen molar-refractivity contribution in [3.63, 3.8) is 0 Å². The lowest BCUT2D eigenvalue weighted by Gasteiger charge is -2.14.